The van der Waals surface area contributed by atoms with E-state index in [0.29, 0.717) is 31.3 Å². The van der Waals surface area contributed by atoms with Gasteiger partial charge in [-0.2, -0.15) is 8.78 Å². The fraction of sp³-hybridized carbons (Fsp3) is 0.407. The quantitative estimate of drug-likeness (QED) is 0.263. The van der Waals surface area contributed by atoms with Crippen LogP contribution in [0.1, 0.15) is 29.4 Å². The maximum Gasteiger partial charge on any atom is 0.394 e. The Hall–Kier alpha value is -4.73. The summed E-state index contributed by atoms with van der Waals surface area (Å²) in [5, 5.41) is 15.4. The first-order valence-electron chi connectivity index (χ1n) is 13.4. The molecule has 3 N–H and O–H groups in total. The second-order valence-electron chi connectivity index (χ2n) is 10.0. The topological polar surface area (TPSA) is 152 Å². The summed E-state index contributed by atoms with van der Waals surface area (Å²) in [5.74, 6) is -1.16. The summed E-state index contributed by atoms with van der Waals surface area (Å²) in [6, 6.07) is 8.64. The van der Waals surface area contributed by atoms with Crippen molar-refractivity contribution < 1.29 is 32.3 Å². The molecule has 0 spiro atoms. The van der Waals surface area contributed by atoms with Crippen molar-refractivity contribution in [1.82, 2.24) is 35.1 Å². The van der Waals surface area contributed by atoms with E-state index in [1.165, 1.54) is 52.0 Å². The van der Waals surface area contributed by atoms with Gasteiger partial charge >= 0.3 is 6.11 Å². The fourth-order valence-electron chi connectivity index (χ4n) is 4.26. The Labute approximate surface area is 244 Å². The minimum Gasteiger partial charge on any atom is -0.433 e. The van der Waals surface area contributed by atoms with Crippen LogP contribution in [0.25, 0.3) is 0 Å². The molecule has 16 heteroatoms. The first-order valence-corrected chi connectivity index (χ1v) is 13.4. The lowest BCUT2D eigenvalue weighted by atomic mass is 10.2. The molecule has 4 rings (SSSR count). The molecule has 3 aromatic rings. The third kappa shape index (κ3) is 9.95. The zero-order valence-electron chi connectivity index (χ0n) is 23.3. The van der Waals surface area contributed by atoms with Crippen LogP contribution in [-0.2, 0) is 29.2 Å². The standard InChI is InChI=1S/C27H31F3N8O5/c1-27(29,30)43-21-4-2-3-18(11-21)13-32-26(42)22-15-38(35-34-22)14-19(28)5-8-37-9-6-20(12-25(37)41)33-24(40)17-36-10-7-31-23(39)16-36/h2-4,6,9,11-12,15,19H,5,7-8,10,13-14,16-17H2,1H3,(H,31,39)(H,32,42)(H,33,40). The second kappa shape index (κ2) is 14.0. The number of carbonyl (C=O) groups is 3. The maximum absolute atomic E-state index is 14.7. The van der Waals surface area contributed by atoms with E-state index >= 15 is 0 Å². The van der Waals surface area contributed by atoms with E-state index in [4.69, 9.17) is 0 Å². The van der Waals surface area contributed by atoms with Gasteiger partial charge in [0.05, 0.1) is 25.8 Å². The molecule has 3 amide bonds. The molecule has 13 nitrogen and oxygen atoms in total. The van der Waals surface area contributed by atoms with E-state index in [0.717, 1.165) is 0 Å². The van der Waals surface area contributed by atoms with Crippen LogP contribution in [0.15, 0.2) is 53.6 Å². The molecule has 1 unspecified atom stereocenters. The zero-order chi connectivity index (χ0) is 31.0. The van der Waals surface area contributed by atoms with Crippen molar-refractivity contribution >= 4 is 23.4 Å². The van der Waals surface area contributed by atoms with E-state index in [-0.39, 0.29) is 62.4 Å². The van der Waals surface area contributed by atoms with E-state index < -0.39 is 23.7 Å². The highest BCUT2D eigenvalue weighted by Crippen LogP contribution is 2.21. The molecule has 0 bridgehead atoms. The van der Waals surface area contributed by atoms with Crippen LogP contribution in [0, 0.1) is 0 Å². The van der Waals surface area contributed by atoms with Gasteiger partial charge in [-0.3, -0.25) is 24.1 Å². The maximum atomic E-state index is 14.7. The number of hydrogen-bond donors (Lipinski definition) is 3. The average Bonchev–Trinajstić information content (AvgIpc) is 3.39. The number of piperazine rings is 1. The van der Waals surface area contributed by atoms with Gasteiger partial charge in [-0.25, -0.2) is 9.07 Å². The van der Waals surface area contributed by atoms with Gasteiger partial charge in [0.25, 0.3) is 11.5 Å². The van der Waals surface area contributed by atoms with Gasteiger partial charge in [0, 0.05) is 51.1 Å². The van der Waals surface area contributed by atoms with Gasteiger partial charge in [-0.05, 0) is 30.2 Å². The summed E-state index contributed by atoms with van der Waals surface area (Å²) in [7, 11) is 0. The lowest BCUT2D eigenvalue weighted by Crippen LogP contribution is -2.49. The zero-order valence-corrected chi connectivity index (χ0v) is 23.3. The van der Waals surface area contributed by atoms with Crippen molar-refractivity contribution in [3.8, 4) is 5.75 Å². The number of anilines is 1. The Morgan fingerprint density at radius 3 is 2.77 bits per heavy atom. The molecule has 0 radical (unpaired) electrons. The minimum absolute atomic E-state index is 0.0117. The van der Waals surface area contributed by atoms with Crippen LogP contribution < -0.4 is 26.2 Å². The molecule has 1 atom stereocenters. The minimum atomic E-state index is -3.34. The van der Waals surface area contributed by atoms with Crippen molar-refractivity contribution in [3.63, 3.8) is 0 Å². The largest absolute Gasteiger partial charge is 0.433 e. The molecule has 3 heterocycles. The molecule has 1 saturated heterocycles. The van der Waals surface area contributed by atoms with E-state index in [9.17, 15) is 32.3 Å². The Bertz CT molecular complexity index is 1510. The Balaban J connectivity index is 1.21. The first kappa shape index (κ1) is 31.2. The number of aromatic nitrogens is 4. The highest BCUT2D eigenvalue weighted by atomic mass is 19.3. The van der Waals surface area contributed by atoms with Crippen molar-refractivity contribution in [2.24, 2.45) is 0 Å². The highest BCUT2D eigenvalue weighted by Gasteiger charge is 2.23. The third-order valence-corrected chi connectivity index (χ3v) is 6.25. The Morgan fingerprint density at radius 1 is 1.21 bits per heavy atom. The number of hydrogen-bond acceptors (Lipinski definition) is 8. The van der Waals surface area contributed by atoms with E-state index in [1.54, 1.807) is 11.0 Å². The van der Waals surface area contributed by atoms with E-state index in [2.05, 4.69) is 31.0 Å². The number of ether oxygens (including phenoxy) is 1. The summed E-state index contributed by atoms with van der Waals surface area (Å²) >= 11 is 0. The molecule has 1 fully saturated rings. The van der Waals surface area contributed by atoms with Crippen LogP contribution in [-0.4, -0.2) is 80.6 Å². The van der Waals surface area contributed by atoms with E-state index in [1.807, 2.05) is 0 Å². The molecular weight excluding hydrogens is 573 g/mol. The number of nitrogens with one attached hydrogen (secondary N) is 3. The number of pyridine rings is 1. The molecule has 0 aliphatic carbocycles. The predicted molar refractivity (Wildman–Crippen MR) is 147 cm³/mol. The number of nitrogens with zero attached hydrogens (tertiary/aromatic N) is 5. The van der Waals surface area contributed by atoms with Gasteiger partial charge in [0.2, 0.25) is 11.8 Å². The SMILES string of the molecule is CC(F)(F)Oc1cccc(CNC(=O)c2cn(CC(F)CCn3ccc(NC(=O)CN4CCNC(=O)C4)cc3=O)nn2)c1. The first-order chi connectivity index (χ1) is 20.4. The van der Waals surface area contributed by atoms with Gasteiger partial charge in [0.15, 0.2) is 5.69 Å². The van der Waals surface area contributed by atoms with Crippen LogP contribution in [0.5, 0.6) is 5.75 Å². The van der Waals surface area contributed by atoms with Gasteiger partial charge in [0.1, 0.15) is 11.9 Å². The molecule has 1 aliphatic heterocycles. The molecular formula is C27H31F3N8O5. The summed E-state index contributed by atoms with van der Waals surface area (Å²) in [6.07, 6.45) is -2.06. The van der Waals surface area contributed by atoms with Gasteiger partial charge < -0.3 is 25.3 Å². The molecule has 43 heavy (non-hydrogen) atoms. The molecule has 1 aliphatic rings. The fourth-order valence-corrected chi connectivity index (χ4v) is 4.26. The number of aryl methyl sites for hydroxylation is 1. The number of rotatable bonds is 13. The van der Waals surface area contributed by atoms with Crippen LogP contribution >= 0.6 is 0 Å². The van der Waals surface area contributed by atoms with Crippen LogP contribution in [0.3, 0.4) is 0 Å². The predicted octanol–water partition coefficient (Wildman–Crippen LogP) is 1.16. The van der Waals surface area contributed by atoms with Crippen molar-refractivity contribution in [3.05, 3.63) is 70.4 Å². The van der Waals surface area contributed by atoms with Crippen LogP contribution in [0.2, 0.25) is 0 Å². The van der Waals surface area contributed by atoms with Crippen molar-refractivity contribution in [2.75, 3.05) is 31.5 Å². The summed E-state index contributed by atoms with van der Waals surface area (Å²) in [4.78, 5) is 50.3. The highest BCUT2D eigenvalue weighted by molar-refractivity contribution is 5.92. The Kier molecular flexibility index (Phi) is 10.1. The molecule has 1 aromatic carbocycles. The average molecular weight is 605 g/mol. The summed E-state index contributed by atoms with van der Waals surface area (Å²) in [6.45, 7) is 1.64. The molecule has 0 saturated carbocycles. The third-order valence-electron chi connectivity index (χ3n) is 6.25. The van der Waals surface area contributed by atoms with Crippen molar-refractivity contribution in [2.45, 2.75) is 45.3 Å². The molecule has 230 valence electrons. The smallest absolute Gasteiger partial charge is 0.394 e. The normalized spacial score (nSPS) is 14.6. The van der Waals surface area contributed by atoms with Crippen molar-refractivity contribution in [1.29, 1.82) is 0 Å². The lowest BCUT2D eigenvalue weighted by Gasteiger charge is -2.25. The monoisotopic (exact) mass is 604 g/mol. The van der Waals surface area contributed by atoms with Gasteiger partial charge in [-0.15, -0.1) is 5.10 Å². The van der Waals surface area contributed by atoms with Crippen LogP contribution in [0.4, 0.5) is 18.9 Å². The lowest BCUT2D eigenvalue weighted by molar-refractivity contribution is -0.159. The number of alkyl halides is 3. The Morgan fingerprint density at radius 2 is 2.02 bits per heavy atom. The number of carbonyl (C=O) groups excluding carboxylic acids is 3. The summed E-state index contributed by atoms with van der Waals surface area (Å²) in [5.41, 5.74) is 0.325. The number of amides is 3. The summed E-state index contributed by atoms with van der Waals surface area (Å²) < 4.78 is 47.8. The molecule has 2 aromatic heterocycles. The second-order valence-corrected chi connectivity index (χ2v) is 10.0. The van der Waals surface area contributed by atoms with Gasteiger partial charge in [-0.1, -0.05) is 17.3 Å². The number of halogens is 3. The number of benzene rings is 1.